The summed E-state index contributed by atoms with van der Waals surface area (Å²) in [5, 5.41) is 0. The molecule has 0 bridgehead atoms. The quantitative estimate of drug-likeness (QED) is 0.685. The predicted octanol–water partition coefficient (Wildman–Crippen LogP) is 3.79. The predicted molar refractivity (Wildman–Crippen MR) is 69.2 cm³/mol. The number of benzene rings is 2. The van der Waals surface area contributed by atoms with E-state index in [1.165, 1.54) is 0 Å². The first kappa shape index (κ1) is 10.3. The number of hydrogen-bond acceptors (Lipinski definition) is 2. The third kappa shape index (κ3) is 3.17. The minimum atomic E-state index is 0.932. The fraction of sp³-hybridized carbons (Fsp3) is 0. The summed E-state index contributed by atoms with van der Waals surface area (Å²) in [6.07, 6.45) is 3.39. The van der Waals surface area contributed by atoms with E-state index in [1.54, 1.807) is 12.4 Å². The van der Waals surface area contributed by atoms with E-state index in [-0.39, 0.29) is 0 Å². The van der Waals surface area contributed by atoms with Crippen LogP contribution in [0, 0.1) is 0 Å². The molecule has 0 heterocycles. The molecule has 0 N–H and O–H groups in total. The van der Waals surface area contributed by atoms with Gasteiger partial charge in [-0.25, -0.2) is 0 Å². The topological polar surface area (TPSA) is 24.7 Å². The molecular formula is C14H12N2. The van der Waals surface area contributed by atoms with E-state index >= 15 is 0 Å². The highest BCUT2D eigenvalue weighted by Crippen LogP contribution is 2.09. The van der Waals surface area contributed by atoms with Crippen molar-refractivity contribution in [2.45, 2.75) is 0 Å². The molecule has 2 nitrogen and oxygen atoms in total. The summed E-state index contributed by atoms with van der Waals surface area (Å²) in [7, 11) is 0. The molecule has 0 aliphatic carbocycles. The van der Waals surface area contributed by atoms with Gasteiger partial charge in [-0.15, -0.1) is 0 Å². The summed E-state index contributed by atoms with van der Waals surface area (Å²) in [5.74, 6) is 0. The number of hydrogen-bond donors (Lipinski definition) is 0. The molecule has 0 amide bonds. The van der Waals surface area contributed by atoms with E-state index in [2.05, 4.69) is 9.98 Å². The Morgan fingerprint density at radius 2 is 0.938 bits per heavy atom. The van der Waals surface area contributed by atoms with Gasteiger partial charge < -0.3 is 0 Å². The van der Waals surface area contributed by atoms with Crippen molar-refractivity contribution in [2.24, 2.45) is 9.98 Å². The van der Waals surface area contributed by atoms with Gasteiger partial charge in [-0.05, 0) is 24.3 Å². The van der Waals surface area contributed by atoms with Gasteiger partial charge in [0, 0.05) is 12.4 Å². The van der Waals surface area contributed by atoms with Gasteiger partial charge in [-0.1, -0.05) is 36.4 Å². The van der Waals surface area contributed by atoms with Crippen LogP contribution in [-0.4, -0.2) is 12.4 Å². The van der Waals surface area contributed by atoms with Gasteiger partial charge in [-0.2, -0.15) is 0 Å². The number of nitrogens with zero attached hydrogens (tertiary/aromatic N) is 2. The Morgan fingerprint density at radius 3 is 1.31 bits per heavy atom. The van der Waals surface area contributed by atoms with E-state index in [0.717, 1.165) is 11.4 Å². The van der Waals surface area contributed by atoms with E-state index in [4.69, 9.17) is 0 Å². The third-order valence-electron chi connectivity index (χ3n) is 2.03. The Bertz CT molecular complexity index is 425. The lowest BCUT2D eigenvalue weighted by atomic mass is 10.3. The van der Waals surface area contributed by atoms with Crippen LogP contribution in [0.1, 0.15) is 0 Å². The molecule has 2 rings (SSSR count). The van der Waals surface area contributed by atoms with Gasteiger partial charge in [0.1, 0.15) is 0 Å². The lowest BCUT2D eigenvalue weighted by Gasteiger charge is -1.90. The molecule has 16 heavy (non-hydrogen) atoms. The SMILES string of the molecule is C(/C=N/c1ccccc1)=Nc1ccccc1. The Balaban J connectivity index is 1.98. The standard InChI is InChI=1S/C14H12N2/c1-3-7-13(8-4-1)15-11-12-16-14-9-5-2-6-10-14/h1-12H/b15-11+,16-12?. The zero-order chi connectivity index (χ0) is 11.1. The second-order valence-corrected chi connectivity index (χ2v) is 3.23. The van der Waals surface area contributed by atoms with Gasteiger partial charge in [0.2, 0.25) is 0 Å². The van der Waals surface area contributed by atoms with E-state index in [0.29, 0.717) is 0 Å². The molecule has 0 fully saturated rings. The van der Waals surface area contributed by atoms with Crippen molar-refractivity contribution < 1.29 is 0 Å². The molecule has 0 saturated carbocycles. The highest BCUT2D eigenvalue weighted by molar-refractivity contribution is 6.17. The Hall–Kier alpha value is -2.22. The molecule has 2 aromatic carbocycles. The van der Waals surface area contributed by atoms with Crippen LogP contribution >= 0.6 is 0 Å². The van der Waals surface area contributed by atoms with Gasteiger partial charge in [-0.3, -0.25) is 9.98 Å². The van der Waals surface area contributed by atoms with E-state index in [1.807, 2.05) is 60.7 Å². The molecule has 0 aliphatic heterocycles. The van der Waals surface area contributed by atoms with Gasteiger partial charge in [0.05, 0.1) is 11.4 Å². The van der Waals surface area contributed by atoms with Crippen LogP contribution in [0.25, 0.3) is 0 Å². The molecule has 0 aliphatic rings. The zero-order valence-electron chi connectivity index (χ0n) is 8.82. The molecule has 0 unspecified atom stereocenters. The van der Waals surface area contributed by atoms with Crippen LogP contribution in [0.3, 0.4) is 0 Å². The minimum absolute atomic E-state index is 0.932. The van der Waals surface area contributed by atoms with Crippen LogP contribution in [0.2, 0.25) is 0 Å². The van der Waals surface area contributed by atoms with Crippen molar-refractivity contribution in [1.29, 1.82) is 0 Å². The molecule has 0 aromatic heterocycles. The maximum atomic E-state index is 4.25. The van der Waals surface area contributed by atoms with Crippen molar-refractivity contribution in [3.63, 3.8) is 0 Å². The van der Waals surface area contributed by atoms with Crippen molar-refractivity contribution in [3.05, 3.63) is 60.7 Å². The molecule has 0 radical (unpaired) electrons. The van der Waals surface area contributed by atoms with Crippen molar-refractivity contribution in [3.8, 4) is 0 Å². The third-order valence-corrected chi connectivity index (χ3v) is 2.03. The number of aliphatic imine (C=N–C) groups is 2. The molecule has 0 spiro atoms. The molecule has 78 valence electrons. The average molecular weight is 208 g/mol. The molecule has 0 atom stereocenters. The summed E-state index contributed by atoms with van der Waals surface area (Å²) in [6.45, 7) is 0. The maximum Gasteiger partial charge on any atom is 0.0630 e. The van der Waals surface area contributed by atoms with Gasteiger partial charge in [0.25, 0.3) is 0 Å². The minimum Gasteiger partial charge on any atom is -0.255 e. The second kappa shape index (κ2) is 5.61. The molecule has 2 aromatic rings. The molecule has 0 saturated heterocycles. The first-order chi connectivity index (χ1) is 7.95. The van der Waals surface area contributed by atoms with Crippen molar-refractivity contribution in [2.75, 3.05) is 0 Å². The largest absolute Gasteiger partial charge is 0.255 e. The lowest BCUT2D eigenvalue weighted by Crippen LogP contribution is -1.74. The van der Waals surface area contributed by atoms with Crippen LogP contribution in [0.5, 0.6) is 0 Å². The highest BCUT2D eigenvalue weighted by Gasteiger charge is 1.82. The highest BCUT2D eigenvalue weighted by atomic mass is 14.8. The van der Waals surface area contributed by atoms with Crippen LogP contribution in [0.15, 0.2) is 70.6 Å². The average Bonchev–Trinajstić information content (AvgIpc) is 2.37. The van der Waals surface area contributed by atoms with Crippen molar-refractivity contribution in [1.82, 2.24) is 0 Å². The Labute approximate surface area is 95.0 Å². The zero-order valence-corrected chi connectivity index (χ0v) is 8.82. The van der Waals surface area contributed by atoms with Gasteiger partial charge in [0.15, 0.2) is 0 Å². The van der Waals surface area contributed by atoms with Crippen LogP contribution in [-0.2, 0) is 0 Å². The van der Waals surface area contributed by atoms with Crippen LogP contribution in [0.4, 0.5) is 11.4 Å². The van der Waals surface area contributed by atoms with E-state index in [9.17, 15) is 0 Å². The monoisotopic (exact) mass is 208 g/mol. The fourth-order valence-electron chi connectivity index (χ4n) is 1.27. The normalized spacial score (nSPS) is 11.2. The summed E-state index contributed by atoms with van der Waals surface area (Å²) >= 11 is 0. The molecular weight excluding hydrogens is 196 g/mol. The fourth-order valence-corrected chi connectivity index (χ4v) is 1.27. The summed E-state index contributed by atoms with van der Waals surface area (Å²) in [5.41, 5.74) is 1.86. The van der Waals surface area contributed by atoms with E-state index < -0.39 is 0 Å². The van der Waals surface area contributed by atoms with Gasteiger partial charge >= 0.3 is 0 Å². The van der Waals surface area contributed by atoms with Crippen molar-refractivity contribution >= 4 is 23.8 Å². The summed E-state index contributed by atoms with van der Waals surface area (Å²) in [4.78, 5) is 8.49. The second-order valence-electron chi connectivity index (χ2n) is 3.23. The first-order valence-corrected chi connectivity index (χ1v) is 5.12. The maximum absolute atomic E-state index is 4.25. The van der Waals surface area contributed by atoms with Crippen LogP contribution < -0.4 is 0 Å². The lowest BCUT2D eigenvalue weighted by molar-refractivity contribution is 1.53. The Kier molecular flexibility index (Phi) is 3.61. The number of para-hydroxylation sites is 2. The first-order valence-electron chi connectivity index (χ1n) is 5.12. The smallest absolute Gasteiger partial charge is 0.0630 e. The Morgan fingerprint density at radius 1 is 0.562 bits per heavy atom. The molecule has 2 heteroatoms. The summed E-state index contributed by atoms with van der Waals surface area (Å²) in [6, 6.07) is 19.6. The number of rotatable bonds is 3. The summed E-state index contributed by atoms with van der Waals surface area (Å²) < 4.78 is 0.